The minimum Gasteiger partial charge on any atom is -0.467 e. The molecule has 1 aliphatic rings. The summed E-state index contributed by atoms with van der Waals surface area (Å²) in [7, 11) is 1.51. The summed E-state index contributed by atoms with van der Waals surface area (Å²) in [6, 6.07) is 0.238. The van der Waals surface area contributed by atoms with Crippen LogP contribution in [0.3, 0.4) is 0 Å². The van der Waals surface area contributed by atoms with Gasteiger partial charge < -0.3 is 10.1 Å². The molecule has 17 heavy (non-hydrogen) atoms. The smallest absolute Gasteiger partial charge is 0.322 e. The van der Waals surface area contributed by atoms with E-state index in [1.165, 1.54) is 20.0 Å². The van der Waals surface area contributed by atoms with Gasteiger partial charge in [0.2, 0.25) is 11.2 Å². The van der Waals surface area contributed by atoms with Crippen molar-refractivity contribution in [2.24, 2.45) is 11.3 Å². The second-order valence-corrected chi connectivity index (χ2v) is 5.12. The molecule has 0 amide bonds. The van der Waals surface area contributed by atoms with Crippen LogP contribution in [0, 0.1) is 11.3 Å². The minimum absolute atomic E-state index is 0.147. The molecule has 1 fully saturated rings. The molecule has 0 unspecified atom stereocenters. The highest BCUT2D eigenvalue weighted by Gasteiger charge is 2.45. The van der Waals surface area contributed by atoms with Crippen molar-refractivity contribution in [2.75, 3.05) is 19.0 Å². The third-order valence-corrected chi connectivity index (χ3v) is 3.65. The molecule has 0 aliphatic heterocycles. The van der Waals surface area contributed by atoms with E-state index in [4.69, 9.17) is 16.3 Å². The Morgan fingerprint density at radius 3 is 2.59 bits per heavy atom. The Morgan fingerprint density at radius 2 is 2.06 bits per heavy atom. The Balaban J connectivity index is 2.02. The quantitative estimate of drug-likeness (QED) is 0.877. The molecule has 1 aromatic rings. The molecule has 0 aromatic carbocycles. The van der Waals surface area contributed by atoms with Crippen molar-refractivity contribution >= 4 is 17.5 Å². The Bertz CT molecular complexity index is 406. The number of hydrogen-bond donors (Lipinski definition) is 1. The van der Waals surface area contributed by atoms with Gasteiger partial charge in [-0.05, 0) is 35.8 Å². The third kappa shape index (κ3) is 2.77. The first-order chi connectivity index (χ1) is 8.05. The molecule has 1 aliphatic carbocycles. The van der Waals surface area contributed by atoms with E-state index >= 15 is 0 Å². The summed E-state index contributed by atoms with van der Waals surface area (Å²) in [5.41, 5.74) is 0.395. The van der Waals surface area contributed by atoms with Crippen molar-refractivity contribution in [3.63, 3.8) is 0 Å². The van der Waals surface area contributed by atoms with Gasteiger partial charge >= 0.3 is 6.01 Å². The molecule has 1 heterocycles. The molecule has 0 atom stereocenters. The summed E-state index contributed by atoms with van der Waals surface area (Å²) in [6.07, 6.45) is 2.52. The molecule has 0 bridgehead atoms. The lowest BCUT2D eigenvalue weighted by molar-refractivity contribution is 0.373. The number of nitrogens with zero attached hydrogens (tertiary/aromatic N) is 3. The van der Waals surface area contributed by atoms with E-state index in [0.717, 1.165) is 6.54 Å². The van der Waals surface area contributed by atoms with Crippen molar-refractivity contribution in [1.82, 2.24) is 15.0 Å². The summed E-state index contributed by atoms with van der Waals surface area (Å²) in [5, 5.41) is 3.36. The largest absolute Gasteiger partial charge is 0.467 e. The van der Waals surface area contributed by atoms with Gasteiger partial charge in [0.1, 0.15) is 0 Å². The van der Waals surface area contributed by atoms with Gasteiger partial charge in [-0.3, -0.25) is 0 Å². The van der Waals surface area contributed by atoms with Gasteiger partial charge in [0.05, 0.1) is 7.11 Å². The van der Waals surface area contributed by atoms with Gasteiger partial charge in [-0.1, -0.05) is 13.8 Å². The van der Waals surface area contributed by atoms with E-state index in [2.05, 4.69) is 34.1 Å². The highest BCUT2D eigenvalue weighted by Crippen LogP contribution is 2.51. The fraction of sp³-hybridized carbons (Fsp3) is 0.727. The maximum atomic E-state index is 5.77. The first kappa shape index (κ1) is 12.4. The predicted octanol–water partition coefficient (Wildman–Crippen LogP) is 2.38. The van der Waals surface area contributed by atoms with Crippen LogP contribution in [-0.2, 0) is 0 Å². The highest BCUT2D eigenvalue weighted by molar-refractivity contribution is 6.28. The van der Waals surface area contributed by atoms with E-state index < -0.39 is 0 Å². The fourth-order valence-electron chi connectivity index (χ4n) is 1.88. The fourth-order valence-corrected chi connectivity index (χ4v) is 2.03. The monoisotopic (exact) mass is 256 g/mol. The number of anilines is 1. The molecule has 0 spiro atoms. The van der Waals surface area contributed by atoms with Crippen LogP contribution in [-0.4, -0.2) is 28.6 Å². The average molecular weight is 257 g/mol. The molecular weight excluding hydrogens is 240 g/mol. The van der Waals surface area contributed by atoms with Crippen molar-refractivity contribution in [2.45, 2.75) is 26.7 Å². The molecule has 0 radical (unpaired) electrons. The lowest BCUT2D eigenvalue weighted by atomic mass is 9.92. The molecule has 0 saturated heterocycles. The van der Waals surface area contributed by atoms with Gasteiger partial charge in [-0.15, -0.1) is 0 Å². The van der Waals surface area contributed by atoms with Crippen LogP contribution in [0.25, 0.3) is 0 Å². The number of halogens is 1. The van der Waals surface area contributed by atoms with Crippen LogP contribution in [0.1, 0.15) is 26.7 Å². The second-order valence-electron chi connectivity index (χ2n) is 4.79. The van der Waals surface area contributed by atoms with Crippen LogP contribution in [0.4, 0.5) is 5.95 Å². The SMILES string of the molecule is COc1nc(Cl)nc(NCC2(C(C)C)CC2)n1. The Kier molecular flexibility index (Phi) is 3.38. The Hall–Kier alpha value is -1.10. The van der Waals surface area contributed by atoms with Crippen molar-refractivity contribution < 1.29 is 4.74 Å². The normalized spacial score (nSPS) is 17.0. The van der Waals surface area contributed by atoms with E-state index in [-0.39, 0.29) is 11.3 Å². The Morgan fingerprint density at radius 1 is 1.35 bits per heavy atom. The van der Waals surface area contributed by atoms with E-state index in [0.29, 0.717) is 17.3 Å². The third-order valence-electron chi connectivity index (χ3n) is 3.49. The first-order valence-electron chi connectivity index (χ1n) is 5.75. The number of hydrogen-bond acceptors (Lipinski definition) is 5. The summed E-state index contributed by atoms with van der Waals surface area (Å²) < 4.78 is 4.94. The van der Waals surface area contributed by atoms with Crippen LogP contribution in [0.5, 0.6) is 6.01 Å². The molecule has 1 aromatic heterocycles. The topological polar surface area (TPSA) is 59.9 Å². The lowest BCUT2D eigenvalue weighted by Crippen LogP contribution is -2.22. The molecule has 6 heteroatoms. The van der Waals surface area contributed by atoms with Crippen LogP contribution < -0.4 is 10.1 Å². The second kappa shape index (κ2) is 4.64. The molecule has 1 saturated carbocycles. The minimum atomic E-state index is 0.147. The van der Waals surface area contributed by atoms with Gasteiger partial charge in [-0.2, -0.15) is 15.0 Å². The maximum Gasteiger partial charge on any atom is 0.322 e. The van der Waals surface area contributed by atoms with Crippen LogP contribution in [0.2, 0.25) is 5.28 Å². The zero-order valence-corrected chi connectivity index (χ0v) is 11.1. The number of nitrogens with one attached hydrogen (secondary N) is 1. The number of aromatic nitrogens is 3. The zero-order chi connectivity index (χ0) is 12.5. The molecule has 2 rings (SSSR count). The molecular formula is C11H17ClN4O. The number of rotatable bonds is 5. The number of ether oxygens (including phenoxy) is 1. The standard InChI is InChI=1S/C11H17ClN4O/c1-7(2)11(4-5-11)6-13-9-14-8(12)15-10(16-9)17-3/h7H,4-6H2,1-3H3,(H,13,14,15,16). The van der Waals surface area contributed by atoms with Crippen molar-refractivity contribution in [3.05, 3.63) is 5.28 Å². The summed E-state index contributed by atoms with van der Waals surface area (Å²) in [5.74, 6) is 1.14. The van der Waals surface area contributed by atoms with E-state index in [9.17, 15) is 0 Å². The molecule has 94 valence electrons. The van der Waals surface area contributed by atoms with E-state index in [1.54, 1.807) is 0 Å². The summed E-state index contributed by atoms with van der Waals surface area (Å²) in [4.78, 5) is 12.0. The lowest BCUT2D eigenvalue weighted by Gasteiger charge is -2.19. The van der Waals surface area contributed by atoms with Gasteiger partial charge in [0, 0.05) is 6.54 Å². The van der Waals surface area contributed by atoms with E-state index in [1.807, 2.05) is 0 Å². The highest BCUT2D eigenvalue weighted by atomic mass is 35.5. The maximum absolute atomic E-state index is 5.77. The van der Waals surface area contributed by atoms with Crippen molar-refractivity contribution in [3.8, 4) is 6.01 Å². The number of methoxy groups -OCH3 is 1. The summed E-state index contributed by atoms with van der Waals surface area (Å²) in [6.45, 7) is 5.36. The van der Waals surface area contributed by atoms with Crippen LogP contribution >= 0.6 is 11.6 Å². The predicted molar refractivity (Wildman–Crippen MR) is 66.4 cm³/mol. The van der Waals surface area contributed by atoms with Gasteiger partial charge in [0.25, 0.3) is 0 Å². The average Bonchev–Trinajstić information content (AvgIpc) is 3.06. The zero-order valence-electron chi connectivity index (χ0n) is 10.3. The molecule has 5 nitrogen and oxygen atoms in total. The van der Waals surface area contributed by atoms with Crippen LogP contribution in [0.15, 0.2) is 0 Å². The Labute approximate surface area is 106 Å². The summed E-state index contributed by atoms with van der Waals surface area (Å²) >= 11 is 5.77. The molecule has 1 N–H and O–H groups in total. The van der Waals surface area contributed by atoms with Gasteiger partial charge in [-0.25, -0.2) is 0 Å². The first-order valence-corrected chi connectivity index (χ1v) is 6.13. The van der Waals surface area contributed by atoms with Crippen molar-refractivity contribution in [1.29, 1.82) is 0 Å². The van der Waals surface area contributed by atoms with Gasteiger partial charge in [0.15, 0.2) is 0 Å².